The summed E-state index contributed by atoms with van der Waals surface area (Å²) in [6.07, 6.45) is 8.46. The second-order valence-electron chi connectivity index (χ2n) is 12.9. The van der Waals surface area contributed by atoms with Crippen LogP contribution in [0.4, 0.5) is 0 Å². The van der Waals surface area contributed by atoms with Crippen LogP contribution >= 0.6 is 0 Å². The molecule has 2 fully saturated rings. The molecule has 7 heteroatoms. The van der Waals surface area contributed by atoms with Crippen LogP contribution in [0.15, 0.2) is 48.5 Å². The van der Waals surface area contributed by atoms with E-state index in [-0.39, 0.29) is 17.5 Å². The lowest BCUT2D eigenvalue weighted by Crippen LogP contribution is -2.45. The Labute approximate surface area is 257 Å². The summed E-state index contributed by atoms with van der Waals surface area (Å²) >= 11 is 0. The van der Waals surface area contributed by atoms with Gasteiger partial charge in [0.05, 0.1) is 37.6 Å². The van der Waals surface area contributed by atoms with Crippen LogP contribution < -0.4 is 9.47 Å². The second-order valence-corrected chi connectivity index (χ2v) is 12.9. The van der Waals surface area contributed by atoms with Crippen molar-refractivity contribution in [3.63, 3.8) is 0 Å². The van der Waals surface area contributed by atoms with E-state index in [1.54, 1.807) is 48.5 Å². The summed E-state index contributed by atoms with van der Waals surface area (Å²) in [4.78, 5) is 25.5. The van der Waals surface area contributed by atoms with Crippen molar-refractivity contribution in [2.24, 2.45) is 23.2 Å². The van der Waals surface area contributed by atoms with Crippen LogP contribution in [0.3, 0.4) is 0 Å². The smallest absolute Gasteiger partial charge is 0.343 e. The predicted octanol–water partition coefficient (Wildman–Crippen LogP) is 7.91. The maximum atomic E-state index is 12.8. The van der Waals surface area contributed by atoms with Gasteiger partial charge in [-0.3, -0.25) is 0 Å². The molecule has 2 aromatic carbocycles. The Morgan fingerprint density at radius 1 is 0.860 bits per heavy atom. The number of ether oxygens (including phenoxy) is 5. The maximum Gasteiger partial charge on any atom is 0.343 e. The SMILES string of the molecule is CCC1(COCCCCCCOc2ccc(C(=O)Oc3ccc(C(=O)OC4CC(C)CCC4C(C)C)cc3)cc2)COC1. The third kappa shape index (κ3) is 9.80. The van der Waals surface area contributed by atoms with Gasteiger partial charge in [-0.2, -0.15) is 0 Å². The Balaban J connectivity index is 1.12. The predicted molar refractivity (Wildman–Crippen MR) is 167 cm³/mol. The molecule has 3 atom stereocenters. The Kier molecular flexibility index (Phi) is 12.5. The first-order valence-corrected chi connectivity index (χ1v) is 16.2. The van der Waals surface area contributed by atoms with Crippen LogP contribution in [-0.2, 0) is 14.2 Å². The molecule has 0 N–H and O–H groups in total. The summed E-state index contributed by atoms with van der Waals surface area (Å²) in [5.74, 6) is 1.73. The molecule has 2 aliphatic rings. The summed E-state index contributed by atoms with van der Waals surface area (Å²) < 4.78 is 28.5. The van der Waals surface area contributed by atoms with Gasteiger partial charge in [-0.25, -0.2) is 9.59 Å². The van der Waals surface area contributed by atoms with E-state index >= 15 is 0 Å². The molecule has 1 heterocycles. The molecular formula is C36H50O7. The first-order valence-electron chi connectivity index (χ1n) is 16.2. The van der Waals surface area contributed by atoms with E-state index in [4.69, 9.17) is 23.7 Å². The largest absolute Gasteiger partial charge is 0.494 e. The minimum absolute atomic E-state index is 0.0583. The molecule has 1 saturated heterocycles. The third-order valence-electron chi connectivity index (χ3n) is 9.04. The van der Waals surface area contributed by atoms with E-state index in [9.17, 15) is 9.59 Å². The van der Waals surface area contributed by atoms with Crippen LogP contribution in [0, 0.1) is 23.2 Å². The summed E-state index contributed by atoms with van der Waals surface area (Å²) in [6, 6.07) is 13.5. The molecule has 1 aliphatic heterocycles. The van der Waals surface area contributed by atoms with Crippen molar-refractivity contribution in [3.8, 4) is 11.5 Å². The van der Waals surface area contributed by atoms with Gasteiger partial charge in [-0.05, 0) is 105 Å². The molecule has 43 heavy (non-hydrogen) atoms. The van der Waals surface area contributed by atoms with Gasteiger partial charge in [0.2, 0.25) is 0 Å². The summed E-state index contributed by atoms with van der Waals surface area (Å²) in [7, 11) is 0. The molecule has 1 aliphatic carbocycles. The first kappa shape index (κ1) is 33.0. The van der Waals surface area contributed by atoms with Gasteiger partial charge in [0.15, 0.2) is 0 Å². The molecule has 7 nitrogen and oxygen atoms in total. The van der Waals surface area contributed by atoms with Gasteiger partial charge in [0.1, 0.15) is 17.6 Å². The number of carbonyl (C=O) groups excluding carboxylic acids is 2. The van der Waals surface area contributed by atoms with Crippen molar-refractivity contribution in [3.05, 3.63) is 59.7 Å². The van der Waals surface area contributed by atoms with Gasteiger partial charge >= 0.3 is 11.9 Å². The minimum Gasteiger partial charge on any atom is -0.494 e. The molecule has 2 aromatic rings. The number of esters is 2. The lowest BCUT2D eigenvalue weighted by atomic mass is 9.75. The van der Waals surface area contributed by atoms with Crippen LogP contribution in [0.5, 0.6) is 11.5 Å². The standard InChI is InChI=1S/C36H50O7/c1-5-36(24-40-25-36)23-39-20-8-6-7-9-21-41-30-15-11-28(12-16-30)34(37)42-31-17-13-29(14-18-31)35(38)43-33-22-27(4)10-19-32(33)26(2)3/h11-18,26-27,32-33H,5-10,19-25H2,1-4H3. The highest BCUT2D eigenvalue weighted by atomic mass is 16.5. The maximum absolute atomic E-state index is 12.8. The zero-order chi connectivity index (χ0) is 30.7. The molecule has 0 amide bonds. The monoisotopic (exact) mass is 594 g/mol. The van der Waals surface area contributed by atoms with E-state index in [2.05, 4.69) is 27.7 Å². The van der Waals surface area contributed by atoms with E-state index in [0.717, 1.165) is 77.1 Å². The lowest BCUT2D eigenvalue weighted by Gasteiger charge is -2.40. The Morgan fingerprint density at radius 2 is 1.49 bits per heavy atom. The quantitative estimate of drug-likeness (QED) is 0.111. The van der Waals surface area contributed by atoms with E-state index in [1.165, 1.54) is 6.42 Å². The molecule has 0 aromatic heterocycles. The third-order valence-corrected chi connectivity index (χ3v) is 9.04. The number of unbranched alkanes of at least 4 members (excludes halogenated alkanes) is 3. The average molecular weight is 595 g/mol. The summed E-state index contributed by atoms with van der Waals surface area (Å²) in [5, 5.41) is 0. The van der Waals surface area contributed by atoms with Crippen LogP contribution in [0.2, 0.25) is 0 Å². The van der Waals surface area contributed by atoms with Gasteiger partial charge in [-0.15, -0.1) is 0 Å². The highest BCUT2D eigenvalue weighted by molar-refractivity contribution is 5.92. The first-order chi connectivity index (χ1) is 20.8. The number of hydrogen-bond donors (Lipinski definition) is 0. The molecule has 1 saturated carbocycles. The van der Waals surface area contributed by atoms with Gasteiger partial charge in [-0.1, -0.05) is 40.5 Å². The highest BCUT2D eigenvalue weighted by Gasteiger charge is 2.37. The minimum atomic E-state index is -0.463. The molecular weight excluding hydrogens is 544 g/mol. The average Bonchev–Trinajstić information content (AvgIpc) is 2.98. The van der Waals surface area contributed by atoms with Crippen LogP contribution in [0.1, 0.15) is 99.8 Å². The summed E-state index contributed by atoms with van der Waals surface area (Å²) in [5.41, 5.74) is 1.15. The van der Waals surface area contributed by atoms with Gasteiger partial charge < -0.3 is 23.7 Å². The number of hydrogen-bond acceptors (Lipinski definition) is 7. The molecule has 4 rings (SSSR count). The van der Waals surface area contributed by atoms with Crippen LogP contribution in [0.25, 0.3) is 0 Å². The van der Waals surface area contributed by atoms with Crippen molar-refractivity contribution in [1.82, 2.24) is 0 Å². The number of carbonyl (C=O) groups is 2. The van der Waals surface area contributed by atoms with Crippen molar-refractivity contribution in [2.45, 2.75) is 85.2 Å². The van der Waals surface area contributed by atoms with Gasteiger partial charge in [0, 0.05) is 12.0 Å². The van der Waals surface area contributed by atoms with E-state index in [0.29, 0.717) is 41.2 Å². The molecule has 0 bridgehead atoms. The fraction of sp³-hybridized carbons (Fsp3) is 0.611. The number of rotatable bonds is 16. The van der Waals surface area contributed by atoms with E-state index in [1.807, 2.05) is 0 Å². The van der Waals surface area contributed by atoms with Gasteiger partial charge in [0.25, 0.3) is 0 Å². The Hall–Kier alpha value is -2.90. The van der Waals surface area contributed by atoms with Crippen molar-refractivity contribution in [2.75, 3.05) is 33.0 Å². The molecule has 0 radical (unpaired) electrons. The summed E-state index contributed by atoms with van der Waals surface area (Å²) in [6.45, 7) is 12.7. The normalized spacial score (nSPS) is 21.2. The second kappa shape index (κ2) is 16.2. The topological polar surface area (TPSA) is 80.3 Å². The number of benzene rings is 2. The van der Waals surface area contributed by atoms with Crippen LogP contribution in [-0.4, -0.2) is 51.1 Å². The highest BCUT2D eigenvalue weighted by Crippen LogP contribution is 2.36. The Bertz CT molecular complexity index is 1130. The zero-order valence-corrected chi connectivity index (χ0v) is 26.5. The zero-order valence-electron chi connectivity index (χ0n) is 26.5. The van der Waals surface area contributed by atoms with Crippen molar-refractivity contribution >= 4 is 11.9 Å². The molecule has 0 spiro atoms. The fourth-order valence-electron chi connectivity index (χ4n) is 5.89. The Morgan fingerprint density at radius 3 is 2.09 bits per heavy atom. The van der Waals surface area contributed by atoms with E-state index < -0.39 is 5.97 Å². The van der Waals surface area contributed by atoms with Crippen molar-refractivity contribution < 1.29 is 33.3 Å². The van der Waals surface area contributed by atoms with Crippen molar-refractivity contribution in [1.29, 1.82) is 0 Å². The fourth-order valence-corrected chi connectivity index (χ4v) is 5.89. The lowest BCUT2D eigenvalue weighted by molar-refractivity contribution is -0.150. The molecule has 236 valence electrons. The molecule has 3 unspecified atom stereocenters.